The molecule has 0 radical (unpaired) electrons. The van der Waals surface area contributed by atoms with Gasteiger partial charge in [0, 0.05) is 11.6 Å². The summed E-state index contributed by atoms with van der Waals surface area (Å²) in [5.41, 5.74) is 2.85. The highest BCUT2D eigenvalue weighted by Gasteiger charge is 2.04. The summed E-state index contributed by atoms with van der Waals surface area (Å²) in [6.07, 6.45) is 1.93. The summed E-state index contributed by atoms with van der Waals surface area (Å²) in [5, 5.41) is 1.01. The third kappa shape index (κ3) is 2.70. The number of benzene rings is 1. The van der Waals surface area contributed by atoms with Crippen molar-refractivity contribution in [2.45, 2.75) is 6.42 Å². The third-order valence-corrected chi connectivity index (χ3v) is 2.34. The lowest BCUT2D eigenvalue weighted by molar-refractivity contribution is -0.121. The normalized spacial score (nSPS) is 10.2. The summed E-state index contributed by atoms with van der Waals surface area (Å²) in [5.74, 6) is 5.40. The van der Waals surface area contributed by atoms with E-state index in [9.17, 15) is 4.79 Å². The molecule has 17 heavy (non-hydrogen) atoms. The first kappa shape index (κ1) is 11.3. The summed E-state index contributed by atoms with van der Waals surface area (Å²) in [6, 6.07) is 9.51. The number of nitrogens with two attached hydrogens (primary N) is 1. The summed E-state index contributed by atoms with van der Waals surface area (Å²) in [4.78, 5) is 15.2. The zero-order valence-electron chi connectivity index (χ0n) is 9.22. The lowest BCUT2D eigenvalue weighted by atomic mass is 10.2. The zero-order valence-corrected chi connectivity index (χ0v) is 9.22. The molecule has 0 aliphatic rings. The fourth-order valence-electron chi connectivity index (χ4n) is 1.52. The monoisotopic (exact) mass is 231 g/mol. The Hall–Kier alpha value is -2.14. The summed E-state index contributed by atoms with van der Waals surface area (Å²) < 4.78 is 5.51. The quantitative estimate of drug-likeness (QED) is 0.467. The first-order chi connectivity index (χ1) is 8.31. The van der Waals surface area contributed by atoms with Gasteiger partial charge in [0.25, 0.3) is 0 Å². The Bertz CT molecular complexity index is 523. The van der Waals surface area contributed by atoms with Gasteiger partial charge < -0.3 is 4.74 Å². The van der Waals surface area contributed by atoms with Crippen LogP contribution in [-0.2, 0) is 4.79 Å². The van der Waals surface area contributed by atoms with Crippen molar-refractivity contribution in [3.8, 4) is 5.75 Å². The molecule has 5 heteroatoms. The second kappa shape index (κ2) is 5.27. The van der Waals surface area contributed by atoms with Gasteiger partial charge in [0.1, 0.15) is 11.3 Å². The molecular formula is C12H13N3O2. The van der Waals surface area contributed by atoms with Crippen molar-refractivity contribution >= 4 is 16.8 Å². The first-order valence-corrected chi connectivity index (χ1v) is 5.27. The van der Waals surface area contributed by atoms with Gasteiger partial charge in [-0.1, -0.05) is 18.2 Å². The van der Waals surface area contributed by atoms with E-state index in [-0.39, 0.29) is 18.9 Å². The van der Waals surface area contributed by atoms with E-state index >= 15 is 0 Å². The minimum absolute atomic E-state index is 0.222. The molecule has 3 N–H and O–H groups in total. The SMILES string of the molecule is NNC(=O)CCOc1cccc2cccnc12. The number of para-hydroxylation sites is 1. The molecule has 88 valence electrons. The van der Waals surface area contributed by atoms with E-state index in [2.05, 4.69) is 10.4 Å². The van der Waals surface area contributed by atoms with Crippen LogP contribution in [0.1, 0.15) is 6.42 Å². The van der Waals surface area contributed by atoms with Gasteiger partial charge >= 0.3 is 0 Å². The van der Waals surface area contributed by atoms with Crippen molar-refractivity contribution in [1.29, 1.82) is 0 Å². The molecule has 0 saturated carbocycles. The van der Waals surface area contributed by atoms with Gasteiger partial charge in [-0.15, -0.1) is 0 Å². The van der Waals surface area contributed by atoms with Crippen molar-refractivity contribution in [2.24, 2.45) is 5.84 Å². The molecule has 0 aliphatic carbocycles. The number of nitrogens with one attached hydrogen (secondary N) is 1. The molecule has 2 rings (SSSR count). The lowest BCUT2D eigenvalue weighted by Crippen LogP contribution is -2.31. The molecule has 1 heterocycles. The van der Waals surface area contributed by atoms with Crippen LogP contribution in [0.4, 0.5) is 0 Å². The van der Waals surface area contributed by atoms with E-state index in [1.165, 1.54) is 0 Å². The number of fused-ring (bicyclic) bond motifs is 1. The van der Waals surface area contributed by atoms with E-state index < -0.39 is 0 Å². The van der Waals surface area contributed by atoms with E-state index in [0.29, 0.717) is 5.75 Å². The standard InChI is InChI=1S/C12H13N3O2/c13-15-11(16)6-8-17-10-5-1-3-9-4-2-7-14-12(9)10/h1-5,7H,6,8,13H2,(H,15,16). The molecule has 0 unspecified atom stereocenters. The molecule has 5 nitrogen and oxygen atoms in total. The van der Waals surface area contributed by atoms with E-state index in [1.54, 1.807) is 6.20 Å². The third-order valence-electron chi connectivity index (χ3n) is 2.34. The lowest BCUT2D eigenvalue weighted by Gasteiger charge is -2.07. The number of amides is 1. The van der Waals surface area contributed by atoms with Gasteiger partial charge in [0.2, 0.25) is 5.91 Å². The molecular weight excluding hydrogens is 218 g/mol. The fraction of sp³-hybridized carbons (Fsp3) is 0.167. The average molecular weight is 231 g/mol. The Morgan fingerprint density at radius 3 is 3.00 bits per heavy atom. The molecule has 1 aromatic carbocycles. The number of nitrogens with zero attached hydrogens (tertiary/aromatic N) is 1. The predicted octanol–water partition coefficient (Wildman–Crippen LogP) is 0.994. The van der Waals surface area contributed by atoms with Crippen LogP contribution in [0, 0.1) is 0 Å². The molecule has 1 amide bonds. The van der Waals surface area contributed by atoms with Crippen LogP contribution in [0.15, 0.2) is 36.5 Å². The maximum Gasteiger partial charge on any atom is 0.237 e. The predicted molar refractivity (Wildman–Crippen MR) is 64.2 cm³/mol. The van der Waals surface area contributed by atoms with Crippen LogP contribution >= 0.6 is 0 Å². The number of rotatable bonds is 4. The second-order valence-corrected chi connectivity index (χ2v) is 3.50. The largest absolute Gasteiger partial charge is 0.491 e. The van der Waals surface area contributed by atoms with E-state index in [4.69, 9.17) is 10.6 Å². The minimum atomic E-state index is -0.252. The van der Waals surface area contributed by atoms with Crippen LogP contribution < -0.4 is 16.0 Å². The Labute approximate surface area is 98.6 Å². The number of pyridine rings is 1. The molecule has 2 aromatic rings. The van der Waals surface area contributed by atoms with Crippen LogP contribution in [0.2, 0.25) is 0 Å². The molecule has 0 fully saturated rings. The van der Waals surface area contributed by atoms with Gasteiger partial charge in [0.15, 0.2) is 0 Å². The highest BCUT2D eigenvalue weighted by molar-refractivity contribution is 5.84. The van der Waals surface area contributed by atoms with Gasteiger partial charge in [-0.05, 0) is 12.1 Å². The number of carbonyl (C=O) groups is 1. The Morgan fingerprint density at radius 2 is 2.18 bits per heavy atom. The van der Waals surface area contributed by atoms with Crippen LogP contribution in [0.3, 0.4) is 0 Å². The molecule has 0 saturated heterocycles. The van der Waals surface area contributed by atoms with Crippen molar-refractivity contribution < 1.29 is 9.53 Å². The second-order valence-electron chi connectivity index (χ2n) is 3.50. The maximum atomic E-state index is 10.9. The molecule has 0 bridgehead atoms. The van der Waals surface area contributed by atoms with E-state index in [0.717, 1.165) is 10.9 Å². The molecule has 1 aromatic heterocycles. The Morgan fingerprint density at radius 1 is 1.35 bits per heavy atom. The number of hydrazine groups is 1. The summed E-state index contributed by atoms with van der Waals surface area (Å²) >= 11 is 0. The topological polar surface area (TPSA) is 77.2 Å². The van der Waals surface area contributed by atoms with Crippen molar-refractivity contribution in [2.75, 3.05) is 6.61 Å². The van der Waals surface area contributed by atoms with Gasteiger partial charge in [0.05, 0.1) is 13.0 Å². The first-order valence-electron chi connectivity index (χ1n) is 5.27. The number of ether oxygens (including phenoxy) is 1. The Balaban J connectivity index is 2.11. The van der Waals surface area contributed by atoms with Crippen molar-refractivity contribution in [1.82, 2.24) is 10.4 Å². The van der Waals surface area contributed by atoms with Gasteiger partial charge in [-0.25, -0.2) is 5.84 Å². The van der Waals surface area contributed by atoms with Gasteiger partial charge in [-0.3, -0.25) is 15.2 Å². The van der Waals surface area contributed by atoms with E-state index in [1.807, 2.05) is 30.3 Å². The molecule has 0 aliphatic heterocycles. The van der Waals surface area contributed by atoms with Gasteiger partial charge in [-0.2, -0.15) is 0 Å². The Kier molecular flexibility index (Phi) is 3.52. The summed E-state index contributed by atoms with van der Waals surface area (Å²) in [7, 11) is 0. The number of hydrogen-bond acceptors (Lipinski definition) is 4. The minimum Gasteiger partial charge on any atom is -0.491 e. The number of aromatic nitrogens is 1. The zero-order chi connectivity index (χ0) is 12.1. The van der Waals surface area contributed by atoms with Crippen molar-refractivity contribution in [3.05, 3.63) is 36.5 Å². The number of carbonyl (C=O) groups excluding carboxylic acids is 1. The smallest absolute Gasteiger partial charge is 0.237 e. The maximum absolute atomic E-state index is 10.9. The van der Waals surface area contributed by atoms with Crippen molar-refractivity contribution in [3.63, 3.8) is 0 Å². The molecule has 0 spiro atoms. The average Bonchev–Trinajstić information content (AvgIpc) is 2.39. The molecule has 0 atom stereocenters. The van der Waals surface area contributed by atoms with Crippen LogP contribution in [-0.4, -0.2) is 17.5 Å². The fourth-order valence-corrected chi connectivity index (χ4v) is 1.52. The summed E-state index contributed by atoms with van der Waals surface area (Å²) in [6.45, 7) is 0.277. The van der Waals surface area contributed by atoms with Crippen LogP contribution in [0.5, 0.6) is 5.75 Å². The number of hydrogen-bond donors (Lipinski definition) is 2. The highest BCUT2D eigenvalue weighted by atomic mass is 16.5. The van der Waals surface area contributed by atoms with Crippen LogP contribution in [0.25, 0.3) is 10.9 Å². The highest BCUT2D eigenvalue weighted by Crippen LogP contribution is 2.22.